The van der Waals surface area contributed by atoms with E-state index in [4.69, 9.17) is 4.74 Å². The van der Waals surface area contributed by atoms with Gasteiger partial charge < -0.3 is 4.74 Å². The molecule has 2 nitrogen and oxygen atoms in total. The average molecular weight is 236 g/mol. The fraction of sp³-hybridized carbons (Fsp3) is 0.462. The highest BCUT2D eigenvalue weighted by molar-refractivity contribution is 6.80. The van der Waals surface area contributed by atoms with Gasteiger partial charge in [-0.1, -0.05) is 50.0 Å². The van der Waals surface area contributed by atoms with Crippen LogP contribution in [-0.2, 0) is 16.0 Å². The monoisotopic (exact) mass is 236 g/mol. The van der Waals surface area contributed by atoms with E-state index in [0.29, 0.717) is 0 Å². The number of ether oxygens (including phenoxy) is 1. The number of hydrogen-bond acceptors (Lipinski definition) is 2. The molecule has 0 heterocycles. The Morgan fingerprint density at radius 3 is 2.25 bits per heavy atom. The zero-order chi connectivity index (χ0) is 12.2. The number of rotatable bonds is 4. The summed E-state index contributed by atoms with van der Waals surface area (Å²) in [6.07, 6.45) is 0.795. The van der Waals surface area contributed by atoms with Crippen LogP contribution in [0.15, 0.2) is 30.3 Å². The number of carbonyl (C=O) groups is 1. The minimum Gasteiger partial charge on any atom is -0.469 e. The molecule has 0 N–H and O–H groups in total. The van der Waals surface area contributed by atoms with E-state index in [2.05, 4.69) is 31.8 Å². The van der Waals surface area contributed by atoms with E-state index in [1.165, 1.54) is 12.7 Å². The average Bonchev–Trinajstić information content (AvgIpc) is 2.25. The smallest absolute Gasteiger partial charge is 0.306 e. The molecule has 0 radical (unpaired) electrons. The van der Waals surface area contributed by atoms with Crippen LogP contribution < -0.4 is 0 Å². The molecule has 1 rings (SSSR count). The number of methoxy groups -OCH3 is 1. The van der Waals surface area contributed by atoms with Crippen molar-refractivity contribution < 1.29 is 9.53 Å². The number of hydrogen-bond donors (Lipinski definition) is 0. The molecule has 1 unspecified atom stereocenters. The summed E-state index contributed by atoms with van der Waals surface area (Å²) < 4.78 is 4.91. The third-order valence-corrected chi connectivity index (χ3v) is 5.34. The van der Waals surface area contributed by atoms with Crippen LogP contribution >= 0.6 is 0 Å². The van der Waals surface area contributed by atoms with E-state index in [0.717, 1.165) is 6.42 Å². The molecule has 0 bridgehead atoms. The van der Waals surface area contributed by atoms with Gasteiger partial charge in [0.05, 0.1) is 20.7 Å². The Morgan fingerprint density at radius 1 is 1.25 bits per heavy atom. The van der Waals surface area contributed by atoms with Gasteiger partial charge in [-0.25, -0.2) is 0 Å². The van der Waals surface area contributed by atoms with Gasteiger partial charge in [0.1, 0.15) is 0 Å². The molecule has 0 saturated heterocycles. The molecule has 88 valence electrons. The Morgan fingerprint density at radius 2 is 1.81 bits per heavy atom. The van der Waals surface area contributed by atoms with E-state index in [-0.39, 0.29) is 11.5 Å². The minimum absolute atomic E-state index is 0.0416. The molecule has 0 aromatic heterocycles. The topological polar surface area (TPSA) is 26.3 Å². The van der Waals surface area contributed by atoms with Gasteiger partial charge in [-0.15, -0.1) is 0 Å². The molecular formula is C13H20O2Si. The van der Waals surface area contributed by atoms with Crippen LogP contribution in [0.3, 0.4) is 0 Å². The van der Waals surface area contributed by atoms with E-state index >= 15 is 0 Å². The first-order chi connectivity index (χ1) is 7.45. The lowest BCUT2D eigenvalue weighted by Gasteiger charge is -2.26. The third-order valence-electron chi connectivity index (χ3n) is 2.81. The van der Waals surface area contributed by atoms with Crippen molar-refractivity contribution in [2.45, 2.75) is 31.6 Å². The maximum Gasteiger partial charge on any atom is 0.306 e. The first-order valence-electron chi connectivity index (χ1n) is 5.57. The van der Waals surface area contributed by atoms with Crippen LogP contribution in [0.2, 0.25) is 25.2 Å². The van der Waals surface area contributed by atoms with Crippen LogP contribution in [0.25, 0.3) is 0 Å². The van der Waals surface area contributed by atoms with Gasteiger partial charge in [0.15, 0.2) is 0 Å². The Kier molecular flexibility index (Phi) is 4.30. The number of esters is 1. The molecule has 1 aromatic rings. The molecule has 0 aliphatic heterocycles. The quantitative estimate of drug-likeness (QED) is 0.593. The number of benzene rings is 1. The Bertz CT molecular complexity index is 341. The van der Waals surface area contributed by atoms with Crippen LogP contribution in [0, 0.1) is 0 Å². The molecule has 0 aliphatic rings. The molecule has 0 spiro atoms. The second-order valence-electron chi connectivity index (χ2n) is 5.13. The third kappa shape index (κ3) is 3.49. The van der Waals surface area contributed by atoms with Crippen molar-refractivity contribution in [3.05, 3.63) is 35.9 Å². The zero-order valence-corrected chi connectivity index (χ0v) is 11.5. The summed E-state index contributed by atoms with van der Waals surface area (Å²) in [7, 11) is -0.0553. The Hall–Kier alpha value is -1.09. The fourth-order valence-electron chi connectivity index (χ4n) is 1.74. The fourth-order valence-corrected chi connectivity index (χ4v) is 3.41. The maximum atomic E-state index is 11.8. The molecular weight excluding hydrogens is 216 g/mol. The Balaban J connectivity index is 2.84. The molecule has 3 heteroatoms. The van der Waals surface area contributed by atoms with Crippen LogP contribution in [0.1, 0.15) is 5.56 Å². The van der Waals surface area contributed by atoms with Crippen molar-refractivity contribution >= 4 is 14.0 Å². The van der Waals surface area contributed by atoms with Crippen molar-refractivity contribution in [3.8, 4) is 0 Å². The second-order valence-corrected chi connectivity index (χ2v) is 10.6. The molecule has 0 saturated carbocycles. The first kappa shape index (κ1) is 13.0. The molecule has 0 fully saturated rings. The van der Waals surface area contributed by atoms with Gasteiger partial charge in [0.2, 0.25) is 0 Å². The normalized spacial score (nSPS) is 13.2. The van der Waals surface area contributed by atoms with Gasteiger partial charge in [0, 0.05) is 0 Å². The summed E-state index contributed by atoms with van der Waals surface area (Å²) in [6, 6.07) is 10.1. The van der Waals surface area contributed by atoms with Crippen LogP contribution in [0.4, 0.5) is 0 Å². The van der Waals surface area contributed by atoms with Crippen molar-refractivity contribution in [3.63, 3.8) is 0 Å². The largest absolute Gasteiger partial charge is 0.469 e. The van der Waals surface area contributed by atoms with Gasteiger partial charge in [-0.3, -0.25) is 4.79 Å². The van der Waals surface area contributed by atoms with E-state index in [1.807, 2.05) is 18.2 Å². The minimum atomic E-state index is -1.53. The number of carbonyl (C=O) groups excluding carboxylic acids is 1. The second kappa shape index (κ2) is 5.30. The Labute approximate surface area is 98.6 Å². The van der Waals surface area contributed by atoms with Crippen molar-refractivity contribution in [1.29, 1.82) is 0 Å². The molecule has 1 atom stereocenters. The molecule has 0 aliphatic carbocycles. The lowest BCUT2D eigenvalue weighted by molar-refractivity contribution is -0.140. The van der Waals surface area contributed by atoms with Gasteiger partial charge in [-0.05, 0) is 12.0 Å². The summed E-state index contributed by atoms with van der Waals surface area (Å²) in [5.41, 5.74) is 1.25. The van der Waals surface area contributed by atoms with E-state index in [9.17, 15) is 4.79 Å². The standard InChI is InChI=1S/C13H20O2Si/c1-15-13(14)12(16(2,3)4)10-11-8-6-5-7-9-11/h5-9,12H,10H2,1-4H3. The summed E-state index contributed by atoms with van der Waals surface area (Å²) >= 11 is 0. The van der Waals surface area contributed by atoms with Gasteiger partial charge in [0.25, 0.3) is 0 Å². The predicted molar refractivity (Wildman–Crippen MR) is 69.3 cm³/mol. The molecule has 16 heavy (non-hydrogen) atoms. The summed E-state index contributed by atoms with van der Waals surface area (Å²) in [6.45, 7) is 6.62. The lowest BCUT2D eigenvalue weighted by atomic mass is 10.1. The van der Waals surface area contributed by atoms with Crippen LogP contribution in [0.5, 0.6) is 0 Å². The highest BCUT2D eigenvalue weighted by Gasteiger charge is 2.33. The summed E-state index contributed by atoms with van der Waals surface area (Å²) in [5.74, 6) is -0.0666. The molecule has 0 amide bonds. The molecule has 1 aromatic carbocycles. The highest BCUT2D eigenvalue weighted by Crippen LogP contribution is 2.27. The lowest BCUT2D eigenvalue weighted by Crippen LogP contribution is -2.35. The highest BCUT2D eigenvalue weighted by atomic mass is 28.3. The summed E-state index contributed by atoms with van der Waals surface area (Å²) in [4.78, 5) is 11.8. The van der Waals surface area contributed by atoms with Crippen molar-refractivity contribution in [2.75, 3.05) is 7.11 Å². The van der Waals surface area contributed by atoms with Crippen LogP contribution in [-0.4, -0.2) is 21.2 Å². The zero-order valence-electron chi connectivity index (χ0n) is 10.5. The van der Waals surface area contributed by atoms with E-state index < -0.39 is 8.07 Å². The SMILES string of the molecule is COC(=O)C(Cc1ccccc1)[Si](C)(C)C. The van der Waals surface area contributed by atoms with E-state index in [1.54, 1.807) is 0 Å². The van der Waals surface area contributed by atoms with Gasteiger partial charge in [-0.2, -0.15) is 0 Å². The van der Waals surface area contributed by atoms with Crippen molar-refractivity contribution in [2.24, 2.45) is 0 Å². The van der Waals surface area contributed by atoms with Crippen molar-refractivity contribution in [1.82, 2.24) is 0 Å². The van der Waals surface area contributed by atoms with Gasteiger partial charge >= 0.3 is 5.97 Å². The maximum absolute atomic E-state index is 11.8. The first-order valence-corrected chi connectivity index (χ1v) is 9.14. The predicted octanol–water partition coefficient (Wildman–Crippen LogP) is 3.11. The summed E-state index contributed by atoms with van der Waals surface area (Å²) in [5, 5.41) is 0.